The van der Waals surface area contributed by atoms with Gasteiger partial charge in [0.25, 0.3) is 0 Å². The number of aliphatic carboxylic acids is 1. The van der Waals surface area contributed by atoms with Gasteiger partial charge in [-0.15, -0.1) is 11.8 Å². The fourth-order valence-electron chi connectivity index (χ4n) is 2.72. The number of fused-ring (bicyclic) bond motifs is 1. The Kier molecular flexibility index (Phi) is 4.82. The van der Waals surface area contributed by atoms with Crippen LogP contribution in [0.2, 0.25) is 5.02 Å². The van der Waals surface area contributed by atoms with Gasteiger partial charge in [0.2, 0.25) is 6.10 Å². The van der Waals surface area contributed by atoms with E-state index in [1.807, 2.05) is 0 Å². The molecule has 0 radical (unpaired) electrons. The van der Waals surface area contributed by atoms with Crippen molar-refractivity contribution < 1.29 is 32.9 Å². The van der Waals surface area contributed by atoms with Crippen LogP contribution < -0.4 is 9.64 Å². The topological polar surface area (TPSA) is 70.0 Å². The standard InChI is InChI=1S/C15H13ClF3NO4S/c16-9-4-7-3-8(14(22)23)13(15(17,18)19)24-11(7)5-10(9)20-1-2-25-12(21)6-20/h3-5,12-13,21H,1-2,6H2,(H,22,23). The van der Waals surface area contributed by atoms with Crippen molar-refractivity contribution in [2.24, 2.45) is 0 Å². The molecule has 2 N–H and O–H groups in total. The maximum absolute atomic E-state index is 13.1. The number of carbonyl (C=O) groups is 1. The number of carboxylic acid groups (broad SMARTS) is 1. The predicted octanol–water partition coefficient (Wildman–Crippen LogP) is 3.00. The molecule has 0 bridgehead atoms. The number of halogens is 4. The van der Waals surface area contributed by atoms with E-state index in [0.717, 1.165) is 6.08 Å². The molecule has 2 atom stereocenters. The second kappa shape index (κ2) is 6.62. The van der Waals surface area contributed by atoms with Crippen molar-refractivity contribution in [3.05, 3.63) is 28.3 Å². The van der Waals surface area contributed by atoms with Gasteiger partial charge in [0.1, 0.15) is 11.2 Å². The number of rotatable bonds is 2. The second-order valence-corrected chi connectivity index (χ2v) is 7.25. The monoisotopic (exact) mass is 395 g/mol. The van der Waals surface area contributed by atoms with E-state index < -0.39 is 29.3 Å². The molecule has 0 saturated carbocycles. The van der Waals surface area contributed by atoms with Crippen LogP contribution in [0.5, 0.6) is 5.75 Å². The summed E-state index contributed by atoms with van der Waals surface area (Å²) in [4.78, 5) is 12.9. The molecule has 2 unspecified atom stereocenters. The van der Waals surface area contributed by atoms with E-state index in [2.05, 4.69) is 0 Å². The van der Waals surface area contributed by atoms with Crippen LogP contribution in [0.15, 0.2) is 17.7 Å². The Morgan fingerprint density at radius 3 is 2.72 bits per heavy atom. The largest absolute Gasteiger partial charge is 0.478 e. The number of carboxylic acids is 1. The van der Waals surface area contributed by atoms with E-state index in [1.54, 1.807) is 4.90 Å². The number of thioether (sulfide) groups is 1. The van der Waals surface area contributed by atoms with E-state index in [4.69, 9.17) is 21.4 Å². The number of hydrogen-bond acceptors (Lipinski definition) is 5. The molecule has 1 aromatic carbocycles. The number of aliphatic hydroxyl groups is 1. The molecule has 2 aliphatic rings. The minimum atomic E-state index is -4.86. The lowest BCUT2D eigenvalue weighted by atomic mass is 10.0. The summed E-state index contributed by atoms with van der Waals surface area (Å²) in [7, 11) is 0. The van der Waals surface area contributed by atoms with Crippen LogP contribution in [-0.4, -0.2) is 52.7 Å². The van der Waals surface area contributed by atoms with Crippen molar-refractivity contribution in [1.82, 2.24) is 0 Å². The third-order valence-corrected chi connectivity index (χ3v) is 5.11. The summed E-state index contributed by atoms with van der Waals surface area (Å²) >= 11 is 7.59. The van der Waals surface area contributed by atoms with Crippen LogP contribution in [0.25, 0.3) is 6.08 Å². The molecule has 0 spiro atoms. The van der Waals surface area contributed by atoms with Crippen LogP contribution in [0.3, 0.4) is 0 Å². The molecule has 2 aliphatic heterocycles. The Bertz CT molecular complexity index is 740. The molecule has 5 nitrogen and oxygen atoms in total. The molecule has 1 fully saturated rings. The smallest absolute Gasteiger partial charge is 0.430 e. The molecular formula is C15H13ClF3NO4S. The van der Waals surface area contributed by atoms with Gasteiger partial charge in [-0.2, -0.15) is 13.2 Å². The highest BCUT2D eigenvalue weighted by Crippen LogP contribution is 2.42. The van der Waals surface area contributed by atoms with Crippen LogP contribution in [0.4, 0.5) is 18.9 Å². The van der Waals surface area contributed by atoms with Crippen molar-refractivity contribution in [2.75, 3.05) is 23.7 Å². The maximum atomic E-state index is 13.1. The molecular weight excluding hydrogens is 383 g/mol. The first-order chi connectivity index (χ1) is 11.7. The van der Waals surface area contributed by atoms with Crippen molar-refractivity contribution in [3.63, 3.8) is 0 Å². The number of alkyl halides is 3. The molecule has 136 valence electrons. The summed E-state index contributed by atoms with van der Waals surface area (Å²) in [5, 5.41) is 19.0. The summed E-state index contributed by atoms with van der Waals surface area (Å²) < 4.78 is 44.3. The summed E-state index contributed by atoms with van der Waals surface area (Å²) in [5.74, 6) is -1.16. The van der Waals surface area contributed by atoms with Crippen LogP contribution >= 0.6 is 23.4 Å². The van der Waals surface area contributed by atoms with E-state index >= 15 is 0 Å². The van der Waals surface area contributed by atoms with Gasteiger partial charge < -0.3 is 19.8 Å². The minimum Gasteiger partial charge on any atom is -0.478 e. The van der Waals surface area contributed by atoms with Crippen molar-refractivity contribution in [1.29, 1.82) is 0 Å². The first-order valence-electron chi connectivity index (χ1n) is 7.23. The summed E-state index contributed by atoms with van der Waals surface area (Å²) in [6, 6.07) is 2.73. The Balaban J connectivity index is 2.02. The highest BCUT2D eigenvalue weighted by molar-refractivity contribution is 7.99. The Labute approximate surface area is 150 Å². The highest BCUT2D eigenvalue weighted by atomic mass is 35.5. The molecule has 1 saturated heterocycles. The van der Waals surface area contributed by atoms with Crippen LogP contribution in [0, 0.1) is 0 Å². The summed E-state index contributed by atoms with van der Waals surface area (Å²) in [6.45, 7) is 0.848. The molecule has 25 heavy (non-hydrogen) atoms. The van der Waals surface area contributed by atoms with E-state index in [-0.39, 0.29) is 22.9 Å². The SMILES string of the molecule is O=C(O)C1=Cc2cc(Cl)c(N3CCSC(O)C3)cc2OC1C(F)(F)F. The average Bonchev–Trinajstić information content (AvgIpc) is 2.52. The fraction of sp³-hybridized carbons (Fsp3) is 0.400. The van der Waals surface area contributed by atoms with E-state index in [9.17, 15) is 23.1 Å². The lowest BCUT2D eigenvalue weighted by Gasteiger charge is -2.33. The number of nitrogens with zero attached hydrogens (tertiary/aromatic N) is 1. The van der Waals surface area contributed by atoms with Crippen molar-refractivity contribution >= 4 is 41.1 Å². The quantitative estimate of drug-likeness (QED) is 0.802. The zero-order valence-electron chi connectivity index (χ0n) is 12.6. The van der Waals surface area contributed by atoms with Gasteiger partial charge >= 0.3 is 12.1 Å². The van der Waals surface area contributed by atoms with Crippen molar-refractivity contribution in [2.45, 2.75) is 17.7 Å². The first-order valence-corrected chi connectivity index (χ1v) is 8.66. The Morgan fingerprint density at radius 1 is 1.40 bits per heavy atom. The maximum Gasteiger partial charge on any atom is 0.430 e. The molecule has 1 aromatic rings. The minimum absolute atomic E-state index is 0.0977. The first kappa shape index (κ1) is 18.2. The number of hydrogen-bond donors (Lipinski definition) is 2. The lowest BCUT2D eigenvalue weighted by Crippen LogP contribution is -2.40. The summed E-state index contributed by atoms with van der Waals surface area (Å²) in [6.07, 6.45) is -6.48. The molecule has 0 aliphatic carbocycles. The average molecular weight is 396 g/mol. The number of anilines is 1. The zero-order valence-corrected chi connectivity index (χ0v) is 14.2. The van der Waals surface area contributed by atoms with Gasteiger partial charge in [0.15, 0.2) is 0 Å². The predicted molar refractivity (Wildman–Crippen MR) is 88.2 cm³/mol. The van der Waals surface area contributed by atoms with Crippen LogP contribution in [-0.2, 0) is 4.79 Å². The third-order valence-electron chi connectivity index (χ3n) is 3.85. The van der Waals surface area contributed by atoms with Crippen molar-refractivity contribution in [3.8, 4) is 5.75 Å². The molecule has 0 amide bonds. The van der Waals surface area contributed by atoms with E-state index in [0.29, 0.717) is 18.0 Å². The molecule has 10 heteroatoms. The number of aliphatic hydroxyl groups excluding tert-OH is 1. The lowest BCUT2D eigenvalue weighted by molar-refractivity contribution is -0.187. The van der Waals surface area contributed by atoms with Gasteiger partial charge in [0.05, 0.1) is 22.8 Å². The molecule has 3 rings (SSSR count). The second-order valence-electron chi connectivity index (χ2n) is 5.56. The highest BCUT2D eigenvalue weighted by Gasteiger charge is 2.48. The van der Waals surface area contributed by atoms with Gasteiger partial charge in [-0.05, 0) is 12.1 Å². The van der Waals surface area contributed by atoms with Gasteiger partial charge in [-0.3, -0.25) is 0 Å². The van der Waals surface area contributed by atoms with Gasteiger partial charge in [-0.25, -0.2) is 4.79 Å². The normalized spacial score (nSPS) is 23.6. The molecule has 0 aromatic heterocycles. The van der Waals surface area contributed by atoms with Gasteiger partial charge in [0, 0.05) is 23.9 Å². The Morgan fingerprint density at radius 2 is 2.12 bits per heavy atom. The van der Waals surface area contributed by atoms with Crippen LogP contribution in [0.1, 0.15) is 5.56 Å². The van der Waals surface area contributed by atoms with Gasteiger partial charge in [-0.1, -0.05) is 11.6 Å². The number of benzene rings is 1. The van der Waals surface area contributed by atoms with E-state index in [1.165, 1.54) is 23.9 Å². The number of β-amino-alcohol motifs (C(OH)–C–C–N with tert-alkyl or cyclic N) is 1. The molecule has 2 heterocycles. The third kappa shape index (κ3) is 3.68. The Hall–Kier alpha value is -1.58. The summed E-state index contributed by atoms with van der Waals surface area (Å²) in [5.41, 5.74) is -0.914. The zero-order chi connectivity index (χ0) is 18.4. The fourth-order valence-corrected chi connectivity index (χ4v) is 3.89. The number of ether oxygens (including phenoxy) is 1.